The van der Waals surface area contributed by atoms with Crippen LogP contribution in [0.3, 0.4) is 0 Å². The maximum absolute atomic E-state index is 13.9. The van der Waals surface area contributed by atoms with Crippen LogP contribution in [-0.4, -0.2) is 57.8 Å². The summed E-state index contributed by atoms with van der Waals surface area (Å²) in [5.74, 6) is 1.11. The Hall–Kier alpha value is -3.24. The van der Waals surface area contributed by atoms with Gasteiger partial charge in [0.15, 0.2) is 0 Å². The number of piperazine rings is 1. The molecular weight excluding hydrogens is 531 g/mol. The number of nitrogens with zero attached hydrogens (tertiary/aromatic N) is 4. The molecule has 0 radical (unpaired) electrons. The Kier molecular flexibility index (Phi) is 7.75. The number of aliphatic hydroxyl groups is 1. The topological polar surface area (TPSA) is 88.0 Å². The van der Waals surface area contributed by atoms with Gasteiger partial charge in [0, 0.05) is 42.3 Å². The minimum atomic E-state index is -0.522. The first-order valence-corrected chi connectivity index (χ1v) is 12.3. The lowest BCUT2D eigenvalue weighted by molar-refractivity contribution is 0.0240. The first-order valence-electron chi connectivity index (χ1n) is 11.5. The summed E-state index contributed by atoms with van der Waals surface area (Å²) in [7, 11) is 0. The van der Waals surface area contributed by atoms with Gasteiger partial charge in [-0.3, -0.25) is 0 Å². The van der Waals surface area contributed by atoms with Gasteiger partial charge in [-0.1, -0.05) is 15.9 Å². The Labute approximate surface area is 217 Å². The van der Waals surface area contributed by atoms with E-state index in [1.807, 2.05) is 26.8 Å². The van der Waals surface area contributed by atoms with E-state index >= 15 is 0 Å². The van der Waals surface area contributed by atoms with Crippen molar-refractivity contribution >= 4 is 27.8 Å². The van der Waals surface area contributed by atoms with Crippen LogP contribution in [0.1, 0.15) is 26.3 Å². The summed E-state index contributed by atoms with van der Waals surface area (Å²) in [5.41, 5.74) is 1.10. The van der Waals surface area contributed by atoms with E-state index in [-0.39, 0.29) is 18.6 Å². The number of carbonyl (C=O) groups excluding carboxylic acids is 1. The van der Waals surface area contributed by atoms with Crippen LogP contribution in [0.2, 0.25) is 0 Å². The van der Waals surface area contributed by atoms with E-state index in [0.29, 0.717) is 53.2 Å². The molecule has 10 heteroatoms. The average Bonchev–Trinajstić information content (AvgIpc) is 2.83. The molecule has 1 amide bonds. The highest BCUT2D eigenvalue weighted by Crippen LogP contribution is 2.29. The molecule has 1 aliphatic rings. The summed E-state index contributed by atoms with van der Waals surface area (Å²) in [4.78, 5) is 25.1. The van der Waals surface area contributed by atoms with Gasteiger partial charge in [-0.15, -0.1) is 0 Å². The van der Waals surface area contributed by atoms with Crippen LogP contribution in [0.15, 0.2) is 53.1 Å². The zero-order chi connectivity index (χ0) is 25.9. The van der Waals surface area contributed by atoms with Gasteiger partial charge in [0.2, 0.25) is 5.88 Å². The SMILES string of the molecule is CC(C)(C)OC(=O)N1CCN(c2ccc(Oc3cc(CO)cc(-c4cc(F)cc(Br)c4)n3)cn2)CC1. The highest BCUT2D eigenvalue weighted by atomic mass is 79.9. The maximum atomic E-state index is 13.9. The summed E-state index contributed by atoms with van der Waals surface area (Å²) in [6.07, 6.45) is 1.29. The number of benzene rings is 1. The van der Waals surface area contributed by atoms with Crippen molar-refractivity contribution in [3.8, 4) is 22.9 Å². The van der Waals surface area contributed by atoms with Gasteiger partial charge < -0.3 is 24.4 Å². The lowest BCUT2D eigenvalue weighted by Gasteiger charge is -2.36. The molecule has 0 unspecified atom stereocenters. The van der Waals surface area contributed by atoms with Gasteiger partial charge in [-0.2, -0.15) is 0 Å². The van der Waals surface area contributed by atoms with Gasteiger partial charge >= 0.3 is 6.09 Å². The number of rotatable bonds is 5. The van der Waals surface area contributed by atoms with E-state index < -0.39 is 11.4 Å². The van der Waals surface area contributed by atoms with Crippen LogP contribution in [0.25, 0.3) is 11.3 Å². The molecule has 3 aromatic rings. The van der Waals surface area contributed by atoms with Crippen molar-refractivity contribution in [3.63, 3.8) is 0 Å². The Morgan fingerprint density at radius 3 is 2.47 bits per heavy atom. The molecule has 0 spiro atoms. The number of ether oxygens (including phenoxy) is 2. The summed E-state index contributed by atoms with van der Waals surface area (Å²) >= 11 is 3.29. The van der Waals surface area contributed by atoms with Crippen molar-refractivity contribution in [2.75, 3.05) is 31.1 Å². The number of pyridine rings is 2. The molecule has 3 heterocycles. The van der Waals surface area contributed by atoms with E-state index in [1.54, 1.807) is 35.4 Å². The first-order chi connectivity index (χ1) is 17.1. The van der Waals surface area contributed by atoms with Crippen LogP contribution in [0, 0.1) is 5.82 Å². The molecule has 36 heavy (non-hydrogen) atoms. The van der Waals surface area contributed by atoms with Crippen molar-refractivity contribution in [1.82, 2.24) is 14.9 Å². The van der Waals surface area contributed by atoms with Crippen LogP contribution in [0.5, 0.6) is 11.6 Å². The Morgan fingerprint density at radius 2 is 1.86 bits per heavy atom. The molecule has 190 valence electrons. The third-order valence-electron chi connectivity index (χ3n) is 5.40. The van der Waals surface area contributed by atoms with E-state index in [1.165, 1.54) is 12.1 Å². The Morgan fingerprint density at radius 1 is 1.11 bits per heavy atom. The fourth-order valence-corrected chi connectivity index (χ4v) is 4.20. The van der Waals surface area contributed by atoms with Crippen LogP contribution >= 0.6 is 15.9 Å². The summed E-state index contributed by atoms with van der Waals surface area (Å²) in [5, 5.41) is 9.68. The predicted octanol–water partition coefficient (Wildman–Crippen LogP) is 5.39. The average molecular weight is 559 g/mol. The molecular formula is C26H28BrFN4O4. The highest BCUT2D eigenvalue weighted by Gasteiger charge is 2.26. The number of hydrogen-bond donors (Lipinski definition) is 1. The normalized spacial score (nSPS) is 14.1. The molecule has 8 nitrogen and oxygen atoms in total. The van der Waals surface area contributed by atoms with Crippen molar-refractivity contribution < 1.29 is 23.8 Å². The highest BCUT2D eigenvalue weighted by molar-refractivity contribution is 9.10. The van der Waals surface area contributed by atoms with Gasteiger partial charge in [0.25, 0.3) is 0 Å². The van der Waals surface area contributed by atoms with Crippen LogP contribution in [0.4, 0.5) is 15.0 Å². The molecule has 0 saturated carbocycles. The first kappa shape index (κ1) is 25.8. The largest absolute Gasteiger partial charge is 0.444 e. The minimum absolute atomic E-state index is 0.213. The lowest BCUT2D eigenvalue weighted by Crippen LogP contribution is -2.50. The van der Waals surface area contributed by atoms with E-state index in [2.05, 4.69) is 30.8 Å². The second-order valence-corrected chi connectivity index (χ2v) is 10.3. The zero-order valence-electron chi connectivity index (χ0n) is 20.4. The summed E-state index contributed by atoms with van der Waals surface area (Å²) in [6, 6.07) is 11.4. The predicted molar refractivity (Wildman–Crippen MR) is 138 cm³/mol. The fourth-order valence-electron chi connectivity index (χ4n) is 3.74. The monoisotopic (exact) mass is 558 g/mol. The smallest absolute Gasteiger partial charge is 0.410 e. The number of carbonyl (C=O) groups is 1. The molecule has 1 saturated heterocycles. The summed E-state index contributed by atoms with van der Waals surface area (Å²) in [6.45, 7) is 7.72. The van der Waals surface area contributed by atoms with Crippen molar-refractivity contribution in [2.45, 2.75) is 33.0 Å². The number of amides is 1. The van der Waals surface area contributed by atoms with Crippen LogP contribution in [-0.2, 0) is 11.3 Å². The third kappa shape index (κ3) is 6.70. The van der Waals surface area contributed by atoms with Crippen molar-refractivity contribution in [2.24, 2.45) is 0 Å². The molecule has 0 bridgehead atoms. The number of anilines is 1. The number of aliphatic hydroxyl groups excluding tert-OH is 1. The van der Waals surface area contributed by atoms with E-state index in [9.17, 15) is 14.3 Å². The quantitative estimate of drug-likeness (QED) is 0.449. The van der Waals surface area contributed by atoms with Gasteiger partial charge in [-0.05, 0) is 62.7 Å². The molecule has 0 atom stereocenters. The molecule has 1 fully saturated rings. The van der Waals surface area contributed by atoms with E-state index in [4.69, 9.17) is 9.47 Å². The number of aromatic nitrogens is 2. The van der Waals surface area contributed by atoms with Crippen LogP contribution < -0.4 is 9.64 Å². The van der Waals surface area contributed by atoms with Gasteiger partial charge in [0.05, 0.1) is 18.5 Å². The number of hydrogen-bond acceptors (Lipinski definition) is 7. The standard InChI is InChI=1S/C26H28BrFN4O4/c1-26(2,3)36-25(34)32-8-6-31(7-9-32)23-5-4-21(15-29-23)35-24-11-17(16-33)10-22(30-24)18-12-19(27)14-20(28)13-18/h4-5,10-15,33H,6-9,16H2,1-3H3. The zero-order valence-corrected chi connectivity index (χ0v) is 22.0. The molecule has 1 aliphatic heterocycles. The number of halogens is 2. The third-order valence-corrected chi connectivity index (χ3v) is 5.86. The minimum Gasteiger partial charge on any atom is -0.444 e. The second-order valence-electron chi connectivity index (χ2n) is 9.42. The summed E-state index contributed by atoms with van der Waals surface area (Å²) < 4.78 is 25.8. The Balaban J connectivity index is 1.43. The fraction of sp³-hybridized carbons (Fsp3) is 0.346. The lowest BCUT2D eigenvalue weighted by atomic mass is 10.1. The molecule has 1 N–H and O–H groups in total. The van der Waals surface area contributed by atoms with E-state index in [0.717, 1.165) is 5.82 Å². The molecule has 4 rings (SSSR count). The second kappa shape index (κ2) is 10.8. The van der Waals surface area contributed by atoms with Gasteiger partial charge in [0.1, 0.15) is 23.0 Å². The maximum Gasteiger partial charge on any atom is 0.410 e. The van der Waals surface area contributed by atoms with Crippen molar-refractivity contribution in [3.05, 3.63) is 64.5 Å². The molecule has 1 aromatic carbocycles. The Bertz CT molecular complexity index is 1210. The molecule has 0 aliphatic carbocycles. The van der Waals surface area contributed by atoms with Gasteiger partial charge in [-0.25, -0.2) is 19.2 Å². The molecule has 2 aromatic heterocycles. The van der Waals surface area contributed by atoms with Crippen molar-refractivity contribution in [1.29, 1.82) is 0 Å².